The third kappa shape index (κ3) is 4.06. The molecule has 0 spiro atoms. The lowest BCUT2D eigenvalue weighted by Gasteiger charge is -2.24. The van der Waals surface area contributed by atoms with E-state index >= 15 is 0 Å². The minimum absolute atomic E-state index is 0.0540. The molecule has 0 aliphatic carbocycles. The van der Waals surface area contributed by atoms with Gasteiger partial charge in [0, 0.05) is 12.6 Å². The van der Waals surface area contributed by atoms with Crippen LogP contribution in [0.1, 0.15) is 22.8 Å². The second kappa shape index (κ2) is 8.31. The first-order chi connectivity index (χ1) is 14.9. The Bertz CT molecular complexity index is 1220. The van der Waals surface area contributed by atoms with Crippen LogP contribution in [0.3, 0.4) is 0 Å². The highest BCUT2D eigenvalue weighted by molar-refractivity contribution is 7.92. The maximum Gasteiger partial charge on any atom is 0.343 e. The molecule has 7 nitrogen and oxygen atoms in total. The van der Waals surface area contributed by atoms with Crippen LogP contribution in [0.5, 0.6) is 17.2 Å². The Labute approximate surface area is 180 Å². The molecule has 0 saturated carbocycles. The highest BCUT2D eigenvalue weighted by Gasteiger charge is 2.27. The summed E-state index contributed by atoms with van der Waals surface area (Å²) in [6, 6.07) is 18.1. The molecule has 8 heteroatoms. The molecule has 0 amide bonds. The zero-order chi connectivity index (χ0) is 22.0. The van der Waals surface area contributed by atoms with Crippen molar-refractivity contribution in [1.82, 2.24) is 0 Å². The SMILES string of the molecule is CCN(c1ccccc1)S(=O)(=O)c1cc(C(=O)Oc2ccc3c(c2)OCO3)ccc1C. The summed E-state index contributed by atoms with van der Waals surface area (Å²) in [6.45, 7) is 3.81. The number of aryl methyl sites for hydroxylation is 1. The lowest BCUT2D eigenvalue weighted by molar-refractivity contribution is 0.0734. The molecule has 0 aromatic heterocycles. The molecule has 0 N–H and O–H groups in total. The van der Waals surface area contributed by atoms with Crippen molar-refractivity contribution in [3.05, 3.63) is 77.9 Å². The van der Waals surface area contributed by atoms with Gasteiger partial charge in [-0.3, -0.25) is 4.31 Å². The molecule has 1 aliphatic rings. The summed E-state index contributed by atoms with van der Waals surface area (Å²) in [5, 5.41) is 0. The Hall–Kier alpha value is -3.52. The van der Waals surface area contributed by atoms with E-state index in [4.69, 9.17) is 14.2 Å². The van der Waals surface area contributed by atoms with Gasteiger partial charge in [-0.25, -0.2) is 13.2 Å². The number of nitrogens with zero attached hydrogens (tertiary/aromatic N) is 1. The monoisotopic (exact) mass is 439 g/mol. The van der Waals surface area contributed by atoms with Crippen LogP contribution in [0.15, 0.2) is 71.6 Å². The summed E-state index contributed by atoms with van der Waals surface area (Å²) in [6.07, 6.45) is 0. The number of fused-ring (bicyclic) bond motifs is 1. The average Bonchev–Trinajstić information content (AvgIpc) is 3.23. The maximum atomic E-state index is 13.4. The number of hydrogen-bond donors (Lipinski definition) is 0. The van der Waals surface area contributed by atoms with Gasteiger partial charge in [0.05, 0.1) is 16.1 Å². The molecule has 0 bridgehead atoms. The Kier molecular flexibility index (Phi) is 5.56. The average molecular weight is 439 g/mol. The van der Waals surface area contributed by atoms with E-state index in [-0.39, 0.29) is 29.5 Å². The van der Waals surface area contributed by atoms with Gasteiger partial charge in [0.1, 0.15) is 5.75 Å². The van der Waals surface area contributed by atoms with Crippen molar-refractivity contribution in [2.24, 2.45) is 0 Å². The van der Waals surface area contributed by atoms with Crippen LogP contribution in [-0.4, -0.2) is 27.7 Å². The van der Waals surface area contributed by atoms with E-state index in [2.05, 4.69) is 0 Å². The zero-order valence-electron chi connectivity index (χ0n) is 17.1. The van der Waals surface area contributed by atoms with Gasteiger partial charge in [-0.2, -0.15) is 0 Å². The minimum Gasteiger partial charge on any atom is -0.454 e. The van der Waals surface area contributed by atoms with Gasteiger partial charge >= 0.3 is 5.97 Å². The Morgan fingerprint density at radius 1 is 1.00 bits per heavy atom. The van der Waals surface area contributed by atoms with Crippen LogP contribution in [0.2, 0.25) is 0 Å². The lowest BCUT2D eigenvalue weighted by Crippen LogP contribution is -2.31. The summed E-state index contributed by atoms with van der Waals surface area (Å²) in [4.78, 5) is 12.8. The normalized spacial score (nSPS) is 12.5. The first-order valence-electron chi connectivity index (χ1n) is 9.70. The number of carbonyl (C=O) groups excluding carboxylic acids is 1. The van der Waals surface area contributed by atoms with E-state index in [1.165, 1.54) is 10.4 Å². The number of esters is 1. The second-order valence-corrected chi connectivity index (χ2v) is 8.72. The number of rotatable bonds is 6. The van der Waals surface area contributed by atoms with E-state index in [1.54, 1.807) is 68.4 Å². The number of carbonyl (C=O) groups is 1. The molecule has 1 heterocycles. The largest absolute Gasteiger partial charge is 0.454 e. The number of hydrogen-bond acceptors (Lipinski definition) is 6. The van der Waals surface area contributed by atoms with E-state index < -0.39 is 16.0 Å². The van der Waals surface area contributed by atoms with Crippen LogP contribution in [-0.2, 0) is 10.0 Å². The molecule has 0 saturated heterocycles. The van der Waals surface area contributed by atoms with Gasteiger partial charge in [-0.05, 0) is 55.8 Å². The number of benzene rings is 3. The van der Waals surface area contributed by atoms with Gasteiger partial charge in [-0.1, -0.05) is 24.3 Å². The standard InChI is InChI=1S/C23H21NO6S/c1-3-24(18-7-5-4-6-8-18)31(26,27)22-13-17(10-9-16(22)2)23(25)30-19-11-12-20-21(14-19)29-15-28-20/h4-14H,3,15H2,1-2H3. The molecular weight excluding hydrogens is 418 g/mol. The van der Waals surface area contributed by atoms with Crippen LogP contribution >= 0.6 is 0 Å². The molecule has 3 aromatic rings. The van der Waals surface area contributed by atoms with Crippen molar-refractivity contribution in [3.8, 4) is 17.2 Å². The fourth-order valence-corrected chi connectivity index (χ4v) is 5.04. The number of anilines is 1. The molecule has 0 fully saturated rings. The number of para-hydroxylation sites is 1. The fourth-order valence-electron chi connectivity index (χ4n) is 3.32. The summed E-state index contributed by atoms with van der Waals surface area (Å²) in [5.41, 5.74) is 1.22. The third-order valence-electron chi connectivity index (χ3n) is 4.88. The van der Waals surface area contributed by atoms with Gasteiger partial charge in [0.25, 0.3) is 10.0 Å². The fraction of sp³-hybridized carbons (Fsp3) is 0.174. The van der Waals surface area contributed by atoms with Gasteiger partial charge < -0.3 is 14.2 Å². The summed E-state index contributed by atoms with van der Waals surface area (Å²) < 4.78 is 44.0. The van der Waals surface area contributed by atoms with Crippen LogP contribution in [0, 0.1) is 6.92 Å². The van der Waals surface area contributed by atoms with Crippen LogP contribution < -0.4 is 18.5 Å². The molecule has 0 atom stereocenters. The Balaban J connectivity index is 1.64. The predicted molar refractivity (Wildman–Crippen MR) is 115 cm³/mol. The molecule has 0 unspecified atom stereocenters. The first kappa shape index (κ1) is 20.7. The number of ether oxygens (including phenoxy) is 3. The van der Waals surface area contributed by atoms with Crippen LogP contribution in [0.4, 0.5) is 5.69 Å². The van der Waals surface area contributed by atoms with Crippen molar-refractivity contribution in [2.45, 2.75) is 18.7 Å². The molecule has 4 rings (SSSR count). The van der Waals surface area contributed by atoms with Crippen molar-refractivity contribution in [2.75, 3.05) is 17.6 Å². The molecule has 0 radical (unpaired) electrons. The summed E-state index contributed by atoms with van der Waals surface area (Å²) in [5.74, 6) is 0.666. The minimum atomic E-state index is -3.88. The highest BCUT2D eigenvalue weighted by Crippen LogP contribution is 2.35. The Morgan fingerprint density at radius 2 is 1.74 bits per heavy atom. The van der Waals surface area contributed by atoms with Crippen molar-refractivity contribution in [3.63, 3.8) is 0 Å². The first-order valence-corrected chi connectivity index (χ1v) is 11.1. The van der Waals surface area contributed by atoms with Gasteiger partial charge in [-0.15, -0.1) is 0 Å². The van der Waals surface area contributed by atoms with E-state index in [0.717, 1.165) is 0 Å². The summed E-state index contributed by atoms with van der Waals surface area (Å²) in [7, 11) is -3.88. The third-order valence-corrected chi connectivity index (χ3v) is 6.92. The van der Waals surface area contributed by atoms with E-state index in [1.807, 2.05) is 6.07 Å². The molecule has 3 aromatic carbocycles. The second-order valence-electron chi connectivity index (χ2n) is 6.89. The zero-order valence-corrected chi connectivity index (χ0v) is 17.9. The van der Waals surface area contributed by atoms with E-state index in [0.29, 0.717) is 22.7 Å². The predicted octanol–water partition coefficient (Wildman–Crippen LogP) is 4.16. The van der Waals surface area contributed by atoms with Crippen molar-refractivity contribution < 1.29 is 27.4 Å². The van der Waals surface area contributed by atoms with Crippen LogP contribution in [0.25, 0.3) is 0 Å². The quantitative estimate of drug-likeness (QED) is 0.424. The lowest BCUT2D eigenvalue weighted by atomic mass is 10.1. The van der Waals surface area contributed by atoms with E-state index in [9.17, 15) is 13.2 Å². The van der Waals surface area contributed by atoms with Crippen molar-refractivity contribution in [1.29, 1.82) is 0 Å². The molecule has 160 valence electrons. The highest BCUT2D eigenvalue weighted by atomic mass is 32.2. The topological polar surface area (TPSA) is 82.1 Å². The number of sulfonamides is 1. The van der Waals surface area contributed by atoms with Gasteiger partial charge in [0.15, 0.2) is 11.5 Å². The molecular formula is C23H21NO6S. The van der Waals surface area contributed by atoms with Gasteiger partial charge in [0.2, 0.25) is 6.79 Å². The molecule has 1 aliphatic heterocycles. The molecule has 31 heavy (non-hydrogen) atoms. The Morgan fingerprint density at radius 3 is 2.48 bits per heavy atom. The van der Waals surface area contributed by atoms with Crippen molar-refractivity contribution >= 4 is 21.7 Å². The smallest absolute Gasteiger partial charge is 0.343 e. The maximum absolute atomic E-state index is 13.4. The summed E-state index contributed by atoms with van der Waals surface area (Å²) >= 11 is 0.